The van der Waals surface area contributed by atoms with E-state index in [-0.39, 0.29) is 12.8 Å². The summed E-state index contributed by atoms with van der Waals surface area (Å²) < 4.78 is 30.5. The first-order valence-corrected chi connectivity index (χ1v) is 4.63. The van der Waals surface area contributed by atoms with Gasteiger partial charge in [-0.25, -0.2) is 8.78 Å². The maximum absolute atomic E-state index is 12.8. The molecule has 78 valence electrons. The van der Waals surface area contributed by atoms with E-state index in [1.54, 1.807) is 7.11 Å². The zero-order valence-electron chi connectivity index (χ0n) is 7.98. The van der Waals surface area contributed by atoms with Crippen molar-refractivity contribution < 1.29 is 13.5 Å². The summed E-state index contributed by atoms with van der Waals surface area (Å²) in [6, 6.07) is 0. The molecule has 0 atom stereocenters. The van der Waals surface area contributed by atoms with E-state index in [1.807, 2.05) is 0 Å². The number of halogens is 2. The van der Waals surface area contributed by atoms with Crippen LogP contribution in [-0.2, 0) is 4.74 Å². The van der Waals surface area contributed by atoms with Gasteiger partial charge in [-0.15, -0.1) is 0 Å². The Hall–Kier alpha value is -0.220. The van der Waals surface area contributed by atoms with Crippen LogP contribution in [0.2, 0.25) is 0 Å². The minimum Gasteiger partial charge on any atom is -0.385 e. The molecular weight excluding hydrogens is 176 g/mol. The number of hydrogen-bond acceptors (Lipinski definition) is 2. The van der Waals surface area contributed by atoms with E-state index in [0.29, 0.717) is 25.9 Å². The minimum atomic E-state index is -2.49. The molecule has 1 saturated carbocycles. The lowest BCUT2D eigenvalue weighted by Gasteiger charge is -2.36. The largest absolute Gasteiger partial charge is 0.385 e. The van der Waals surface area contributed by atoms with Crippen molar-refractivity contribution in [3.05, 3.63) is 0 Å². The fourth-order valence-electron chi connectivity index (χ4n) is 1.67. The van der Waals surface area contributed by atoms with E-state index >= 15 is 0 Å². The maximum atomic E-state index is 12.8. The summed E-state index contributed by atoms with van der Waals surface area (Å²) in [6.45, 7) is 0.558. The molecule has 2 N–H and O–H groups in total. The van der Waals surface area contributed by atoms with Crippen LogP contribution in [0, 0.1) is 0 Å². The Bertz CT molecular complexity index is 163. The van der Waals surface area contributed by atoms with Gasteiger partial charge in [-0.1, -0.05) is 0 Å². The summed E-state index contributed by atoms with van der Waals surface area (Å²) in [7, 11) is 1.60. The molecule has 0 unspecified atom stereocenters. The molecule has 0 aromatic carbocycles. The average Bonchev–Trinajstić information content (AvgIpc) is 2.08. The Morgan fingerprint density at radius 2 is 1.77 bits per heavy atom. The van der Waals surface area contributed by atoms with Gasteiger partial charge in [-0.2, -0.15) is 0 Å². The summed E-state index contributed by atoms with van der Waals surface area (Å²) in [6.07, 6.45) is 1.34. The van der Waals surface area contributed by atoms with Crippen LogP contribution in [-0.4, -0.2) is 25.2 Å². The lowest BCUT2D eigenvalue weighted by molar-refractivity contribution is -0.0537. The molecule has 4 heteroatoms. The third-order valence-corrected chi connectivity index (χ3v) is 2.78. The van der Waals surface area contributed by atoms with Crippen LogP contribution >= 0.6 is 0 Å². The van der Waals surface area contributed by atoms with E-state index in [0.717, 1.165) is 0 Å². The van der Waals surface area contributed by atoms with Crippen LogP contribution in [0.25, 0.3) is 0 Å². The van der Waals surface area contributed by atoms with Crippen LogP contribution in [0.1, 0.15) is 32.1 Å². The molecule has 0 spiro atoms. The molecule has 0 aliphatic heterocycles. The molecule has 13 heavy (non-hydrogen) atoms. The molecule has 0 radical (unpaired) electrons. The Labute approximate surface area is 77.4 Å². The Balaban J connectivity index is 2.37. The second kappa shape index (κ2) is 3.88. The van der Waals surface area contributed by atoms with Crippen molar-refractivity contribution in [1.82, 2.24) is 0 Å². The number of hydrogen-bond donors (Lipinski definition) is 1. The number of nitrogens with two attached hydrogens (primary N) is 1. The van der Waals surface area contributed by atoms with Gasteiger partial charge in [0.05, 0.1) is 0 Å². The standard InChI is InChI=1S/C9H17F2NO/c1-13-7-6-8(12)2-4-9(10,11)5-3-8/h2-7,12H2,1H3. The topological polar surface area (TPSA) is 35.2 Å². The van der Waals surface area contributed by atoms with Crippen molar-refractivity contribution in [3.8, 4) is 0 Å². The van der Waals surface area contributed by atoms with E-state index in [1.165, 1.54) is 0 Å². The lowest BCUT2D eigenvalue weighted by Crippen LogP contribution is -2.46. The summed E-state index contributed by atoms with van der Waals surface area (Å²) in [5.74, 6) is -2.49. The highest BCUT2D eigenvalue weighted by Crippen LogP contribution is 2.38. The van der Waals surface area contributed by atoms with Crippen molar-refractivity contribution in [3.63, 3.8) is 0 Å². The first-order valence-electron chi connectivity index (χ1n) is 4.63. The molecule has 0 aromatic rings. The monoisotopic (exact) mass is 193 g/mol. The van der Waals surface area contributed by atoms with Gasteiger partial charge in [-0.3, -0.25) is 0 Å². The van der Waals surface area contributed by atoms with Crippen molar-refractivity contribution in [2.24, 2.45) is 5.73 Å². The molecular formula is C9H17F2NO. The second-order valence-corrected chi connectivity index (χ2v) is 3.96. The molecule has 1 aliphatic carbocycles. The zero-order valence-corrected chi connectivity index (χ0v) is 7.98. The molecule has 1 fully saturated rings. The van der Waals surface area contributed by atoms with Crippen LogP contribution in [0.15, 0.2) is 0 Å². The molecule has 0 saturated heterocycles. The SMILES string of the molecule is COCCC1(N)CCC(F)(F)CC1. The first kappa shape index (κ1) is 10.9. The van der Waals surface area contributed by atoms with Gasteiger partial charge in [0.2, 0.25) is 5.92 Å². The molecule has 1 aliphatic rings. The molecule has 0 heterocycles. The van der Waals surface area contributed by atoms with Crippen molar-refractivity contribution >= 4 is 0 Å². The lowest BCUT2D eigenvalue weighted by atomic mass is 9.79. The molecule has 2 nitrogen and oxygen atoms in total. The number of alkyl halides is 2. The smallest absolute Gasteiger partial charge is 0.248 e. The first-order chi connectivity index (χ1) is 5.97. The van der Waals surface area contributed by atoms with Gasteiger partial charge in [-0.05, 0) is 19.3 Å². The van der Waals surface area contributed by atoms with Crippen LogP contribution < -0.4 is 5.73 Å². The second-order valence-electron chi connectivity index (χ2n) is 3.96. The van der Waals surface area contributed by atoms with Gasteiger partial charge in [0.25, 0.3) is 0 Å². The van der Waals surface area contributed by atoms with E-state index in [4.69, 9.17) is 10.5 Å². The number of rotatable bonds is 3. The molecule has 0 bridgehead atoms. The third kappa shape index (κ3) is 3.19. The highest BCUT2D eigenvalue weighted by molar-refractivity contribution is 4.92. The summed E-state index contributed by atoms with van der Waals surface area (Å²) in [5, 5.41) is 0. The van der Waals surface area contributed by atoms with Crippen LogP contribution in [0.5, 0.6) is 0 Å². The predicted octanol–water partition coefficient (Wildman–Crippen LogP) is 1.93. The van der Waals surface area contributed by atoms with Crippen molar-refractivity contribution in [2.45, 2.75) is 43.6 Å². The van der Waals surface area contributed by atoms with Crippen molar-refractivity contribution in [2.75, 3.05) is 13.7 Å². The zero-order chi connectivity index (χ0) is 9.95. The van der Waals surface area contributed by atoms with Crippen LogP contribution in [0.3, 0.4) is 0 Å². The maximum Gasteiger partial charge on any atom is 0.248 e. The van der Waals surface area contributed by atoms with Gasteiger partial charge in [0, 0.05) is 32.1 Å². The minimum absolute atomic E-state index is 0.0762. The Morgan fingerprint density at radius 3 is 2.23 bits per heavy atom. The highest BCUT2D eigenvalue weighted by Gasteiger charge is 2.40. The summed E-state index contributed by atoms with van der Waals surface area (Å²) >= 11 is 0. The molecule has 1 rings (SSSR count). The van der Waals surface area contributed by atoms with E-state index in [2.05, 4.69) is 0 Å². The predicted molar refractivity (Wildman–Crippen MR) is 46.8 cm³/mol. The Kier molecular flexibility index (Phi) is 3.24. The van der Waals surface area contributed by atoms with E-state index in [9.17, 15) is 8.78 Å². The third-order valence-electron chi connectivity index (χ3n) is 2.78. The highest BCUT2D eigenvalue weighted by atomic mass is 19.3. The van der Waals surface area contributed by atoms with Gasteiger partial charge < -0.3 is 10.5 Å². The van der Waals surface area contributed by atoms with Gasteiger partial charge in [0.1, 0.15) is 0 Å². The fraction of sp³-hybridized carbons (Fsp3) is 1.00. The molecule has 0 amide bonds. The quantitative estimate of drug-likeness (QED) is 0.743. The van der Waals surface area contributed by atoms with Crippen molar-refractivity contribution in [1.29, 1.82) is 0 Å². The van der Waals surface area contributed by atoms with Gasteiger partial charge in [0.15, 0.2) is 0 Å². The molecule has 0 aromatic heterocycles. The average molecular weight is 193 g/mol. The normalized spacial score (nSPS) is 25.8. The summed E-state index contributed by atoms with van der Waals surface area (Å²) in [5.41, 5.74) is 5.53. The number of ether oxygens (including phenoxy) is 1. The van der Waals surface area contributed by atoms with Crippen LogP contribution in [0.4, 0.5) is 8.78 Å². The Morgan fingerprint density at radius 1 is 1.23 bits per heavy atom. The summed E-state index contributed by atoms with van der Waals surface area (Å²) in [4.78, 5) is 0. The number of methoxy groups -OCH3 is 1. The fourth-order valence-corrected chi connectivity index (χ4v) is 1.67. The van der Waals surface area contributed by atoms with E-state index < -0.39 is 11.5 Å². The van der Waals surface area contributed by atoms with Gasteiger partial charge >= 0.3 is 0 Å².